The van der Waals surface area contributed by atoms with Crippen LogP contribution >= 0.6 is 0 Å². The fraction of sp³-hybridized carbons (Fsp3) is 0.400. The van der Waals surface area contributed by atoms with Crippen LogP contribution in [-0.2, 0) is 4.79 Å². The Morgan fingerprint density at radius 1 is 1.19 bits per heavy atom. The molecule has 0 saturated heterocycles. The number of rotatable bonds is 0. The molecular formula is C15H16O. The van der Waals surface area contributed by atoms with Gasteiger partial charge in [0.25, 0.3) is 0 Å². The average molecular weight is 212 g/mol. The maximum absolute atomic E-state index is 11.8. The molecule has 3 rings (SSSR count). The number of fused-ring (bicyclic) bond motifs is 3. The van der Waals surface area contributed by atoms with E-state index in [0.717, 1.165) is 5.57 Å². The molecule has 1 fully saturated rings. The number of carbonyl (C=O) groups excluding carboxylic acids is 1. The predicted molar refractivity (Wildman–Crippen MR) is 65.0 cm³/mol. The summed E-state index contributed by atoms with van der Waals surface area (Å²) in [6.45, 7) is 2.29. The zero-order chi connectivity index (χ0) is 11.2. The van der Waals surface area contributed by atoms with E-state index in [4.69, 9.17) is 0 Å². The number of hydrogen-bond donors (Lipinski definition) is 0. The lowest BCUT2D eigenvalue weighted by atomic mass is 9.62. The van der Waals surface area contributed by atoms with Crippen LogP contribution in [0.3, 0.4) is 0 Å². The van der Waals surface area contributed by atoms with Gasteiger partial charge in [-0.25, -0.2) is 0 Å². The third-order valence-electron chi connectivity index (χ3n) is 4.19. The molecule has 0 unspecified atom stereocenters. The third-order valence-corrected chi connectivity index (χ3v) is 4.19. The highest BCUT2D eigenvalue weighted by atomic mass is 16.1. The minimum absolute atomic E-state index is 0.128. The number of hydrogen-bond acceptors (Lipinski definition) is 1. The van der Waals surface area contributed by atoms with E-state index in [1.54, 1.807) is 6.08 Å². The number of allylic oxidation sites excluding steroid dienone is 8. The van der Waals surface area contributed by atoms with Crippen LogP contribution in [0, 0.1) is 5.41 Å². The molecule has 0 aliphatic heterocycles. The highest BCUT2D eigenvalue weighted by Gasteiger charge is 2.39. The van der Waals surface area contributed by atoms with Gasteiger partial charge in [0, 0.05) is 11.0 Å². The molecule has 1 atom stereocenters. The van der Waals surface area contributed by atoms with E-state index in [2.05, 4.69) is 19.1 Å². The zero-order valence-corrected chi connectivity index (χ0v) is 9.62. The monoisotopic (exact) mass is 212 g/mol. The van der Waals surface area contributed by atoms with Gasteiger partial charge in [-0.2, -0.15) is 0 Å². The van der Waals surface area contributed by atoms with E-state index >= 15 is 0 Å². The number of carbonyl (C=O) groups is 1. The van der Waals surface area contributed by atoms with Crippen molar-refractivity contribution >= 4 is 5.78 Å². The van der Waals surface area contributed by atoms with Gasteiger partial charge in [0.15, 0.2) is 5.78 Å². The van der Waals surface area contributed by atoms with Crippen LogP contribution < -0.4 is 0 Å². The molecule has 0 N–H and O–H groups in total. The molecule has 3 aliphatic carbocycles. The molecule has 82 valence electrons. The molecule has 0 spiro atoms. The summed E-state index contributed by atoms with van der Waals surface area (Å²) in [5.41, 5.74) is 3.80. The van der Waals surface area contributed by atoms with Gasteiger partial charge in [0.1, 0.15) is 0 Å². The van der Waals surface area contributed by atoms with E-state index < -0.39 is 0 Å². The number of ketones is 1. The lowest BCUT2D eigenvalue weighted by Gasteiger charge is -2.42. The fourth-order valence-corrected chi connectivity index (χ4v) is 3.19. The first-order valence-corrected chi connectivity index (χ1v) is 6.07. The summed E-state index contributed by atoms with van der Waals surface area (Å²) >= 11 is 0. The largest absolute Gasteiger partial charge is 0.289 e. The maximum Gasteiger partial charge on any atom is 0.186 e. The van der Waals surface area contributed by atoms with Crippen molar-refractivity contribution in [3.63, 3.8) is 0 Å². The van der Waals surface area contributed by atoms with Gasteiger partial charge in [-0.05, 0) is 30.9 Å². The van der Waals surface area contributed by atoms with Crippen LogP contribution in [0.4, 0.5) is 0 Å². The summed E-state index contributed by atoms with van der Waals surface area (Å²) in [5.74, 6) is 0.166. The van der Waals surface area contributed by atoms with Crippen LogP contribution in [0.5, 0.6) is 0 Å². The standard InChI is InChI=1S/C15H16O/c1-15-10-3-2-5-11(15)8-9-12-13(15)6-4-7-14(12)16/h4,6-9H,2-3,5,10H2,1H3/t15-/m0/s1. The predicted octanol–water partition coefficient (Wildman–Crippen LogP) is 3.50. The van der Waals surface area contributed by atoms with Crippen molar-refractivity contribution in [3.05, 3.63) is 47.1 Å². The van der Waals surface area contributed by atoms with Gasteiger partial charge in [-0.1, -0.05) is 43.2 Å². The Labute approximate surface area is 96.2 Å². The first kappa shape index (κ1) is 9.83. The summed E-state index contributed by atoms with van der Waals surface area (Å²) in [7, 11) is 0. The molecule has 16 heavy (non-hydrogen) atoms. The molecular weight excluding hydrogens is 196 g/mol. The Hall–Kier alpha value is -1.37. The Balaban J connectivity index is 2.15. The van der Waals surface area contributed by atoms with Crippen molar-refractivity contribution in [2.45, 2.75) is 32.6 Å². The van der Waals surface area contributed by atoms with Crippen molar-refractivity contribution in [2.75, 3.05) is 0 Å². The van der Waals surface area contributed by atoms with Crippen LogP contribution in [-0.4, -0.2) is 5.78 Å². The summed E-state index contributed by atoms with van der Waals surface area (Å²) in [4.78, 5) is 11.8. The lowest BCUT2D eigenvalue weighted by Crippen LogP contribution is -2.31. The van der Waals surface area contributed by atoms with E-state index in [1.807, 2.05) is 12.2 Å². The topological polar surface area (TPSA) is 17.1 Å². The summed E-state index contributed by atoms with van der Waals surface area (Å²) < 4.78 is 0. The normalized spacial score (nSPS) is 32.3. The quantitative estimate of drug-likeness (QED) is 0.600. The van der Waals surface area contributed by atoms with Crippen molar-refractivity contribution < 1.29 is 4.79 Å². The van der Waals surface area contributed by atoms with Gasteiger partial charge >= 0.3 is 0 Å². The summed E-state index contributed by atoms with van der Waals surface area (Å²) in [6.07, 6.45) is 14.8. The van der Waals surface area contributed by atoms with Crippen LogP contribution in [0.15, 0.2) is 47.1 Å². The second-order valence-corrected chi connectivity index (χ2v) is 5.12. The Bertz CT molecular complexity index is 474. The Morgan fingerprint density at radius 2 is 2.06 bits per heavy atom. The smallest absolute Gasteiger partial charge is 0.186 e. The SMILES string of the molecule is C[C@]12CCCCC1=CC=C1C(=O)C=CC=C12. The molecule has 3 aliphatic rings. The van der Waals surface area contributed by atoms with E-state index in [9.17, 15) is 4.79 Å². The second kappa shape index (κ2) is 3.31. The summed E-state index contributed by atoms with van der Waals surface area (Å²) in [5, 5.41) is 0. The van der Waals surface area contributed by atoms with Gasteiger partial charge in [0.2, 0.25) is 0 Å². The van der Waals surface area contributed by atoms with Crippen LogP contribution in [0.2, 0.25) is 0 Å². The molecule has 1 nitrogen and oxygen atoms in total. The van der Waals surface area contributed by atoms with Crippen molar-refractivity contribution in [1.29, 1.82) is 0 Å². The Morgan fingerprint density at radius 3 is 2.94 bits per heavy atom. The highest BCUT2D eigenvalue weighted by molar-refractivity contribution is 6.09. The highest BCUT2D eigenvalue weighted by Crippen LogP contribution is 2.51. The van der Waals surface area contributed by atoms with Crippen LogP contribution in [0.1, 0.15) is 32.6 Å². The molecule has 1 heteroatoms. The molecule has 0 bridgehead atoms. The molecule has 0 radical (unpaired) electrons. The van der Waals surface area contributed by atoms with Crippen molar-refractivity contribution in [1.82, 2.24) is 0 Å². The third kappa shape index (κ3) is 1.21. The van der Waals surface area contributed by atoms with E-state index in [0.29, 0.717) is 0 Å². The lowest BCUT2D eigenvalue weighted by molar-refractivity contribution is -0.111. The van der Waals surface area contributed by atoms with Crippen molar-refractivity contribution in [3.8, 4) is 0 Å². The maximum atomic E-state index is 11.8. The van der Waals surface area contributed by atoms with Crippen LogP contribution in [0.25, 0.3) is 0 Å². The summed E-state index contributed by atoms with van der Waals surface area (Å²) in [6, 6.07) is 0. The molecule has 0 aromatic rings. The zero-order valence-electron chi connectivity index (χ0n) is 9.62. The van der Waals surface area contributed by atoms with E-state index in [1.165, 1.54) is 36.8 Å². The minimum atomic E-state index is 0.128. The van der Waals surface area contributed by atoms with E-state index in [-0.39, 0.29) is 11.2 Å². The molecule has 0 aromatic carbocycles. The molecule has 0 amide bonds. The van der Waals surface area contributed by atoms with Gasteiger partial charge < -0.3 is 0 Å². The molecule has 0 heterocycles. The van der Waals surface area contributed by atoms with Crippen molar-refractivity contribution in [2.24, 2.45) is 5.41 Å². The first-order valence-electron chi connectivity index (χ1n) is 6.07. The first-order chi connectivity index (χ1) is 7.72. The Kier molecular flexibility index (Phi) is 2.03. The van der Waals surface area contributed by atoms with Gasteiger partial charge in [-0.3, -0.25) is 4.79 Å². The average Bonchev–Trinajstić information content (AvgIpc) is 2.29. The fourth-order valence-electron chi connectivity index (χ4n) is 3.19. The van der Waals surface area contributed by atoms with Gasteiger partial charge in [0.05, 0.1) is 0 Å². The molecule has 0 aromatic heterocycles. The van der Waals surface area contributed by atoms with Gasteiger partial charge in [-0.15, -0.1) is 0 Å². The second-order valence-electron chi connectivity index (χ2n) is 5.12. The molecule has 1 saturated carbocycles. The minimum Gasteiger partial charge on any atom is -0.289 e.